The smallest absolute Gasteiger partial charge is 0.370 e. The summed E-state index contributed by atoms with van der Waals surface area (Å²) in [5.41, 5.74) is 2.38. The summed E-state index contributed by atoms with van der Waals surface area (Å²) in [4.78, 5) is 8.34. The first kappa shape index (κ1) is 12.9. The lowest BCUT2D eigenvalue weighted by atomic mass is 10.3. The van der Waals surface area contributed by atoms with Crippen molar-refractivity contribution >= 4 is 11.6 Å². The van der Waals surface area contributed by atoms with Crippen LogP contribution in [0.3, 0.4) is 0 Å². The van der Waals surface area contributed by atoms with E-state index in [1.54, 1.807) is 0 Å². The Labute approximate surface area is 102 Å². The lowest BCUT2D eigenvalue weighted by molar-refractivity contribution is -0.131. The number of nitrogens with one attached hydrogen (secondary N) is 2. The fourth-order valence-electron chi connectivity index (χ4n) is 1.49. The predicted octanol–water partition coefficient (Wildman–Crippen LogP) is 2.00. The molecule has 0 aliphatic heterocycles. The second-order valence-electron chi connectivity index (χ2n) is 4.21. The maximum atomic E-state index is 12.0. The Balaban J connectivity index is 2.00. The molecule has 1 heterocycles. The van der Waals surface area contributed by atoms with Crippen LogP contribution in [0.1, 0.15) is 31.0 Å². The number of hydrogen-bond acceptors (Lipinski definition) is 5. The number of alkyl halides is 3. The van der Waals surface area contributed by atoms with Crippen molar-refractivity contribution in [3.8, 4) is 0 Å². The zero-order valence-corrected chi connectivity index (χ0v) is 9.59. The van der Waals surface area contributed by atoms with Gasteiger partial charge in [-0.25, -0.2) is 15.8 Å². The molecule has 1 aliphatic rings. The molecular formula is C10H14F3N5. The van der Waals surface area contributed by atoms with Crippen LogP contribution in [0, 0.1) is 0 Å². The highest BCUT2D eigenvalue weighted by molar-refractivity contribution is 5.47. The number of nitrogens with zero attached hydrogens (tertiary/aromatic N) is 2. The number of hydrazine groups is 1. The number of halogens is 3. The van der Waals surface area contributed by atoms with Gasteiger partial charge in [0.05, 0.1) is 6.42 Å². The number of anilines is 2. The van der Waals surface area contributed by atoms with Crippen molar-refractivity contribution in [1.29, 1.82) is 0 Å². The van der Waals surface area contributed by atoms with Crippen molar-refractivity contribution < 1.29 is 13.2 Å². The molecule has 1 aromatic heterocycles. The topological polar surface area (TPSA) is 75.9 Å². The Hall–Kier alpha value is -1.57. The average Bonchev–Trinajstić information content (AvgIpc) is 3.10. The quantitative estimate of drug-likeness (QED) is 0.558. The van der Waals surface area contributed by atoms with Gasteiger partial charge in [-0.2, -0.15) is 13.2 Å². The molecule has 100 valence electrons. The van der Waals surface area contributed by atoms with E-state index >= 15 is 0 Å². The Morgan fingerprint density at radius 3 is 2.50 bits per heavy atom. The van der Waals surface area contributed by atoms with E-state index in [2.05, 4.69) is 20.7 Å². The molecule has 0 bridgehead atoms. The molecule has 0 atom stereocenters. The molecule has 1 fully saturated rings. The highest BCUT2D eigenvalue weighted by atomic mass is 19.4. The summed E-state index contributed by atoms with van der Waals surface area (Å²) in [7, 11) is 0. The van der Waals surface area contributed by atoms with Gasteiger partial charge < -0.3 is 10.7 Å². The summed E-state index contributed by atoms with van der Waals surface area (Å²) in [6.45, 7) is -0.214. The van der Waals surface area contributed by atoms with E-state index in [0.717, 1.165) is 12.8 Å². The van der Waals surface area contributed by atoms with Crippen molar-refractivity contribution in [3.05, 3.63) is 11.9 Å². The third kappa shape index (κ3) is 3.73. The van der Waals surface area contributed by atoms with Crippen molar-refractivity contribution in [3.63, 3.8) is 0 Å². The molecule has 0 aromatic carbocycles. The summed E-state index contributed by atoms with van der Waals surface area (Å²) in [5, 5.41) is 2.63. The van der Waals surface area contributed by atoms with E-state index in [1.807, 2.05) is 0 Å². The van der Waals surface area contributed by atoms with Gasteiger partial charge in [-0.15, -0.1) is 0 Å². The summed E-state index contributed by atoms with van der Waals surface area (Å²) < 4.78 is 36.0. The minimum atomic E-state index is -4.17. The SMILES string of the molecule is NNc1cc(NCCC(F)(F)F)nc(C2CC2)n1. The molecule has 1 aromatic rings. The maximum absolute atomic E-state index is 12.0. The molecule has 1 aliphatic carbocycles. The lowest BCUT2D eigenvalue weighted by Crippen LogP contribution is -2.16. The second kappa shape index (κ2) is 4.97. The van der Waals surface area contributed by atoms with Crippen molar-refractivity contribution in [1.82, 2.24) is 9.97 Å². The van der Waals surface area contributed by atoms with E-state index in [0.29, 0.717) is 23.4 Å². The molecule has 0 spiro atoms. The van der Waals surface area contributed by atoms with Gasteiger partial charge in [0, 0.05) is 18.5 Å². The van der Waals surface area contributed by atoms with Gasteiger partial charge in [0.15, 0.2) is 0 Å². The molecular weight excluding hydrogens is 247 g/mol. The molecule has 5 nitrogen and oxygen atoms in total. The number of nitrogens with two attached hydrogens (primary N) is 1. The molecule has 1 saturated carbocycles. The predicted molar refractivity (Wildman–Crippen MR) is 61.0 cm³/mol. The van der Waals surface area contributed by atoms with Crippen molar-refractivity contribution in [2.45, 2.75) is 31.4 Å². The number of aromatic nitrogens is 2. The van der Waals surface area contributed by atoms with Crippen molar-refractivity contribution in [2.75, 3.05) is 17.3 Å². The normalized spacial score (nSPS) is 15.6. The summed E-state index contributed by atoms with van der Waals surface area (Å²) >= 11 is 0. The molecule has 0 amide bonds. The minimum Gasteiger partial charge on any atom is -0.370 e. The zero-order chi connectivity index (χ0) is 13.2. The van der Waals surface area contributed by atoms with Gasteiger partial charge in [-0.3, -0.25) is 0 Å². The third-order valence-corrected chi connectivity index (χ3v) is 2.55. The largest absolute Gasteiger partial charge is 0.390 e. The highest BCUT2D eigenvalue weighted by Gasteiger charge is 2.28. The van der Waals surface area contributed by atoms with Gasteiger partial charge in [0.25, 0.3) is 0 Å². The second-order valence-corrected chi connectivity index (χ2v) is 4.21. The van der Waals surface area contributed by atoms with Crippen LogP contribution in [0.25, 0.3) is 0 Å². The van der Waals surface area contributed by atoms with Crippen LogP contribution < -0.4 is 16.6 Å². The van der Waals surface area contributed by atoms with E-state index in [-0.39, 0.29) is 6.54 Å². The van der Waals surface area contributed by atoms with E-state index < -0.39 is 12.6 Å². The molecule has 0 saturated heterocycles. The molecule has 2 rings (SSSR count). The Morgan fingerprint density at radius 1 is 1.28 bits per heavy atom. The average molecular weight is 261 g/mol. The van der Waals surface area contributed by atoms with Crippen LogP contribution in [-0.4, -0.2) is 22.7 Å². The van der Waals surface area contributed by atoms with Crippen LogP contribution in [0.5, 0.6) is 0 Å². The van der Waals surface area contributed by atoms with Gasteiger partial charge in [0.2, 0.25) is 0 Å². The van der Waals surface area contributed by atoms with Gasteiger partial charge in [-0.05, 0) is 12.8 Å². The molecule has 0 unspecified atom stereocenters. The summed E-state index contributed by atoms with van der Waals surface area (Å²) in [6.07, 6.45) is -3.05. The van der Waals surface area contributed by atoms with E-state index in [9.17, 15) is 13.2 Å². The first-order valence-corrected chi connectivity index (χ1v) is 5.64. The van der Waals surface area contributed by atoms with Gasteiger partial charge in [0.1, 0.15) is 17.5 Å². The highest BCUT2D eigenvalue weighted by Crippen LogP contribution is 2.38. The first-order valence-electron chi connectivity index (χ1n) is 5.64. The Kier molecular flexibility index (Phi) is 3.55. The lowest BCUT2D eigenvalue weighted by Gasteiger charge is -2.10. The number of rotatable bonds is 5. The number of hydrogen-bond donors (Lipinski definition) is 3. The van der Waals surface area contributed by atoms with Gasteiger partial charge >= 0.3 is 6.18 Å². The molecule has 18 heavy (non-hydrogen) atoms. The van der Waals surface area contributed by atoms with E-state index in [4.69, 9.17) is 5.84 Å². The summed E-state index contributed by atoms with van der Waals surface area (Å²) in [5.74, 6) is 6.96. The molecule has 4 N–H and O–H groups in total. The van der Waals surface area contributed by atoms with Crippen LogP contribution in [-0.2, 0) is 0 Å². The fourth-order valence-corrected chi connectivity index (χ4v) is 1.49. The first-order chi connectivity index (χ1) is 8.48. The fraction of sp³-hybridized carbons (Fsp3) is 0.600. The van der Waals surface area contributed by atoms with Crippen LogP contribution >= 0.6 is 0 Å². The Morgan fingerprint density at radius 2 is 1.94 bits per heavy atom. The van der Waals surface area contributed by atoms with Crippen molar-refractivity contribution in [2.24, 2.45) is 5.84 Å². The monoisotopic (exact) mass is 261 g/mol. The third-order valence-electron chi connectivity index (χ3n) is 2.55. The molecule has 8 heteroatoms. The van der Waals surface area contributed by atoms with E-state index in [1.165, 1.54) is 6.07 Å². The Bertz CT molecular complexity index is 416. The minimum absolute atomic E-state index is 0.214. The van der Waals surface area contributed by atoms with Crippen LogP contribution in [0.4, 0.5) is 24.8 Å². The van der Waals surface area contributed by atoms with Crippen LogP contribution in [0.2, 0.25) is 0 Å². The maximum Gasteiger partial charge on any atom is 0.390 e. The van der Waals surface area contributed by atoms with Crippen LogP contribution in [0.15, 0.2) is 6.07 Å². The van der Waals surface area contributed by atoms with Gasteiger partial charge in [-0.1, -0.05) is 0 Å². The molecule has 0 radical (unpaired) electrons. The number of nitrogen functional groups attached to an aromatic ring is 1. The summed E-state index contributed by atoms with van der Waals surface area (Å²) in [6, 6.07) is 1.49. The zero-order valence-electron chi connectivity index (χ0n) is 9.59. The standard InChI is InChI=1S/C10H14F3N5/c11-10(12,13)3-4-15-7-5-8(18-14)17-9(16-7)6-1-2-6/h5-6H,1-4,14H2,(H2,15,16,17,18).